The number of aromatic nitrogens is 2. The highest BCUT2D eigenvalue weighted by Crippen LogP contribution is 2.32. The molecule has 0 aliphatic carbocycles. The number of hydrogen-bond acceptors (Lipinski definition) is 6. The van der Waals surface area contributed by atoms with E-state index in [2.05, 4.69) is 27.2 Å². The van der Waals surface area contributed by atoms with Gasteiger partial charge in [0.05, 0.1) is 35.9 Å². The van der Waals surface area contributed by atoms with Crippen LogP contribution in [0.4, 0.5) is 15.9 Å². The number of benzene rings is 1. The Bertz CT molecular complexity index is 1130. The fourth-order valence-corrected chi connectivity index (χ4v) is 3.30. The summed E-state index contributed by atoms with van der Waals surface area (Å²) in [6.45, 7) is 7.37. The number of allylic oxidation sites excluding steroid dienone is 5. The molecule has 1 aromatic carbocycles. The average Bonchev–Trinajstić information content (AvgIpc) is 3.16. The number of nitrogens with one attached hydrogen (secondary N) is 2. The fourth-order valence-electron chi connectivity index (χ4n) is 3.12. The molecule has 2 N–H and O–H groups in total. The van der Waals surface area contributed by atoms with E-state index in [9.17, 15) is 14.0 Å². The topological polar surface area (TPSA) is 93.2 Å². The van der Waals surface area contributed by atoms with Gasteiger partial charge in [0, 0.05) is 5.69 Å². The lowest BCUT2D eigenvalue weighted by molar-refractivity contribution is -0.142. The Balaban J connectivity index is 1.99. The maximum atomic E-state index is 14.6. The van der Waals surface area contributed by atoms with Crippen molar-refractivity contribution in [2.75, 3.05) is 11.9 Å². The van der Waals surface area contributed by atoms with Crippen molar-refractivity contribution in [2.24, 2.45) is 0 Å². The molecule has 0 bridgehead atoms. The number of rotatable bonds is 8. The van der Waals surface area contributed by atoms with Crippen molar-refractivity contribution in [1.82, 2.24) is 15.3 Å². The molecule has 1 aliphatic rings. The van der Waals surface area contributed by atoms with E-state index in [4.69, 9.17) is 16.3 Å². The Hall–Kier alpha value is -3.52. The van der Waals surface area contributed by atoms with Gasteiger partial charge < -0.3 is 15.4 Å². The third kappa shape index (κ3) is 5.03. The molecule has 0 atom stereocenters. The molecule has 0 unspecified atom stereocenters. The van der Waals surface area contributed by atoms with Crippen molar-refractivity contribution in [1.29, 1.82) is 0 Å². The summed E-state index contributed by atoms with van der Waals surface area (Å²) >= 11 is 6.17. The maximum Gasteiger partial charge on any atom is 0.310 e. The lowest BCUT2D eigenvalue weighted by Gasteiger charge is -2.13. The zero-order chi connectivity index (χ0) is 23.3. The summed E-state index contributed by atoms with van der Waals surface area (Å²) in [7, 11) is 0. The molecule has 0 radical (unpaired) electrons. The molecule has 0 spiro atoms. The number of anilines is 2. The molecule has 2 heterocycles. The second-order valence-corrected chi connectivity index (χ2v) is 7.17. The lowest BCUT2D eigenvalue weighted by atomic mass is 10.1. The highest BCUT2D eigenvalue weighted by atomic mass is 35.5. The molecule has 9 heteroatoms. The van der Waals surface area contributed by atoms with Crippen LogP contribution in [0.3, 0.4) is 0 Å². The van der Waals surface area contributed by atoms with Crippen LogP contribution in [0.15, 0.2) is 53.9 Å². The van der Waals surface area contributed by atoms with Crippen molar-refractivity contribution in [3.8, 4) is 0 Å². The van der Waals surface area contributed by atoms with E-state index in [1.165, 1.54) is 19.1 Å². The predicted octanol–water partition coefficient (Wildman–Crippen LogP) is 4.58. The Labute approximate surface area is 190 Å². The van der Waals surface area contributed by atoms with Gasteiger partial charge in [-0.1, -0.05) is 36.4 Å². The van der Waals surface area contributed by atoms with E-state index in [-0.39, 0.29) is 52.7 Å². The second kappa shape index (κ2) is 10.2. The van der Waals surface area contributed by atoms with Crippen LogP contribution in [0.1, 0.15) is 41.3 Å². The average molecular weight is 457 g/mol. The SMILES string of the molecule is C=C/C(Cl)=C(\C(F)=C/C)c1nc2c(c(Nc3ccc(CC(=O)OCC)cc3)n1)C(=O)NC2. The van der Waals surface area contributed by atoms with Crippen LogP contribution < -0.4 is 10.6 Å². The van der Waals surface area contributed by atoms with Crippen LogP contribution in [-0.4, -0.2) is 28.5 Å². The smallest absolute Gasteiger partial charge is 0.310 e. The van der Waals surface area contributed by atoms with Crippen LogP contribution >= 0.6 is 11.6 Å². The van der Waals surface area contributed by atoms with Crippen molar-refractivity contribution >= 4 is 40.6 Å². The maximum absolute atomic E-state index is 14.6. The molecule has 1 aromatic heterocycles. The number of carbonyl (C=O) groups is 2. The predicted molar refractivity (Wildman–Crippen MR) is 121 cm³/mol. The van der Waals surface area contributed by atoms with Crippen LogP contribution in [0.25, 0.3) is 5.57 Å². The first kappa shape index (κ1) is 23.1. The Morgan fingerprint density at radius 3 is 2.69 bits per heavy atom. The molecule has 166 valence electrons. The van der Waals surface area contributed by atoms with E-state index in [1.54, 1.807) is 31.2 Å². The molecular formula is C23H22ClFN4O3. The summed E-state index contributed by atoms with van der Waals surface area (Å²) in [5.74, 6) is -1.01. The molecule has 0 saturated carbocycles. The number of fused-ring (bicyclic) bond motifs is 1. The number of carbonyl (C=O) groups excluding carboxylic acids is 2. The van der Waals surface area contributed by atoms with E-state index >= 15 is 0 Å². The number of ether oxygens (including phenoxy) is 1. The van der Waals surface area contributed by atoms with Crippen LogP contribution in [0.5, 0.6) is 0 Å². The summed E-state index contributed by atoms with van der Waals surface area (Å²) in [6.07, 6.45) is 2.70. The molecule has 1 amide bonds. The van der Waals surface area contributed by atoms with E-state index in [0.29, 0.717) is 18.0 Å². The van der Waals surface area contributed by atoms with E-state index in [1.807, 2.05) is 0 Å². The number of amides is 1. The van der Waals surface area contributed by atoms with Gasteiger partial charge in [0.15, 0.2) is 5.82 Å². The highest BCUT2D eigenvalue weighted by Gasteiger charge is 2.28. The number of hydrogen-bond donors (Lipinski definition) is 2. The zero-order valence-electron chi connectivity index (χ0n) is 17.7. The quantitative estimate of drug-likeness (QED) is 0.446. The molecule has 0 fully saturated rings. The zero-order valence-corrected chi connectivity index (χ0v) is 18.4. The summed E-state index contributed by atoms with van der Waals surface area (Å²) in [4.78, 5) is 32.8. The van der Waals surface area contributed by atoms with Crippen molar-refractivity contribution in [3.05, 3.63) is 76.5 Å². The van der Waals surface area contributed by atoms with Gasteiger partial charge in [0.2, 0.25) is 0 Å². The van der Waals surface area contributed by atoms with E-state index in [0.717, 1.165) is 5.56 Å². The summed E-state index contributed by atoms with van der Waals surface area (Å²) < 4.78 is 19.5. The van der Waals surface area contributed by atoms with Crippen molar-refractivity contribution in [2.45, 2.75) is 26.8 Å². The number of halogens is 2. The normalized spacial score (nSPS) is 13.8. The van der Waals surface area contributed by atoms with E-state index < -0.39 is 5.83 Å². The largest absolute Gasteiger partial charge is 0.466 e. The Kier molecular flexibility index (Phi) is 7.37. The molecule has 3 rings (SSSR count). The number of nitrogens with zero attached hydrogens (tertiary/aromatic N) is 2. The minimum atomic E-state index is -0.610. The number of esters is 1. The molecule has 7 nitrogen and oxygen atoms in total. The summed E-state index contributed by atoms with van der Waals surface area (Å²) in [5, 5.41) is 5.83. The van der Waals surface area contributed by atoms with Crippen molar-refractivity contribution < 1.29 is 18.7 Å². The summed E-state index contributed by atoms with van der Waals surface area (Å²) in [6, 6.07) is 7.02. The molecule has 32 heavy (non-hydrogen) atoms. The standard InChI is InChI=1S/C23H22ClFN4O3/c1-4-15(24)19(16(25)5-2)21-28-17-12-26-23(31)20(17)22(29-21)27-14-9-7-13(8-10-14)11-18(30)32-6-3/h4-5,7-10H,1,6,11-12H2,2-3H3,(H,26,31)(H,27,28,29)/b16-5+,19-15-. The van der Waals surface area contributed by atoms with Crippen LogP contribution in [0, 0.1) is 0 Å². The third-order valence-electron chi connectivity index (χ3n) is 4.63. The Morgan fingerprint density at radius 1 is 1.34 bits per heavy atom. The molecule has 0 saturated heterocycles. The molecule has 2 aromatic rings. The highest BCUT2D eigenvalue weighted by molar-refractivity contribution is 6.34. The minimum absolute atomic E-state index is 0.0147. The van der Waals surface area contributed by atoms with Crippen molar-refractivity contribution in [3.63, 3.8) is 0 Å². The van der Waals surface area contributed by atoms with Gasteiger partial charge in [-0.3, -0.25) is 9.59 Å². The summed E-state index contributed by atoms with van der Waals surface area (Å²) in [5.41, 5.74) is 2.09. The van der Waals surface area contributed by atoms with Crippen LogP contribution in [-0.2, 0) is 22.5 Å². The molecule has 1 aliphatic heterocycles. The lowest BCUT2D eigenvalue weighted by Crippen LogP contribution is -2.14. The monoisotopic (exact) mass is 456 g/mol. The van der Waals surface area contributed by atoms with Crippen LogP contribution in [0.2, 0.25) is 0 Å². The fraction of sp³-hybridized carbons (Fsp3) is 0.217. The van der Waals surface area contributed by atoms with Gasteiger partial charge >= 0.3 is 5.97 Å². The first-order valence-electron chi connectivity index (χ1n) is 9.93. The molecular weight excluding hydrogens is 435 g/mol. The van der Waals surface area contributed by atoms with Gasteiger partial charge in [0.25, 0.3) is 5.91 Å². The van der Waals surface area contributed by atoms with Gasteiger partial charge in [-0.25, -0.2) is 14.4 Å². The third-order valence-corrected chi connectivity index (χ3v) is 4.98. The first-order chi connectivity index (χ1) is 15.4. The minimum Gasteiger partial charge on any atom is -0.466 e. The second-order valence-electron chi connectivity index (χ2n) is 6.77. The van der Waals surface area contributed by atoms with Gasteiger partial charge in [0.1, 0.15) is 17.2 Å². The first-order valence-corrected chi connectivity index (χ1v) is 10.3. The van der Waals surface area contributed by atoms with Gasteiger partial charge in [-0.15, -0.1) is 0 Å². The van der Waals surface area contributed by atoms with Gasteiger partial charge in [-0.05, 0) is 37.6 Å². The van der Waals surface area contributed by atoms with Gasteiger partial charge in [-0.2, -0.15) is 0 Å². The Morgan fingerprint density at radius 2 is 2.06 bits per heavy atom.